The maximum atomic E-state index is 12.9. The van der Waals surface area contributed by atoms with Crippen LogP contribution in [0.1, 0.15) is 63.8 Å². The van der Waals surface area contributed by atoms with Gasteiger partial charge in [-0.1, -0.05) is 35.5 Å². The number of carbonyl (C=O) groups excluding carboxylic acids is 2. The summed E-state index contributed by atoms with van der Waals surface area (Å²) in [5.41, 5.74) is 3.05. The van der Waals surface area contributed by atoms with Crippen LogP contribution in [-0.4, -0.2) is 49.8 Å². The first-order valence-corrected chi connectivity index (χ1v) is 11.5. The van der Waals surface area contributed by atoms with Crippen LogP contribution in [0.15, 0.2) is 54.9 Å². The Morgan fingerprint density at radius 3 is 2.61 bits per heavy atom. The molecule has 0 bridgehead atoms. The summed E-state index contributed by atoms with van der Waals surface area (Å²) < 4.78 is 1.87. The molecule has 8 heteroatoms. The largest absolute Gasteiger partial charge is 0.347 e. The second-order valence-electron chi connectivity index (χ2n) is 9.15. The summed E-state index contributed by atoms with van der Waals surface area (Å²) >= 11 is 0. The molecular formula is C25H28N6O2. The van der Waals surface area contributed by atoms with Gasteiger partial charge in [0, 0.05) is 37.1 Å². The first-order chi connectivity index (χ1) is 16.0. The van der Waals surface area contributed by atoms with E-state index in [1.807, 2.05) is 52.9 Å². The molecule has 2 amide bonds. The van der Waals surface area contributed by atoms with E-state index in [1.54, 1.807) is 18.5 Å². The van der Waals surface area contributed by atoms with Gasteiger partial charge in [-0.05, 0) is 55.7 Å². The SMILES string of the molecule is Cc1cc(C(=O)N2CCC3(CCC3n3cc(C(=O)NCc4ccccc4)nn3)CC2)ccn1. The molecule has 2 fully saturated rings. The average Bonchev–Trinajstić information content (AvgIpc) is 3.31. The molecular weight excluding hydrogens is 416 g/mol. The molecule has 1 atom stereocenters. The van der Waals surface area contributed by atoms with E-state index >= 15 is 0 Å². The number of pyridine rings is 1. The second-order valence-corrected chi connectivity index (χ2v) is 9.15. The molecule has 1 saturated heterocycles. The zero-order valence-corrected chi connectivity index (χ0v) is 18.8. The highest BCUT2D eigenvalue weighted by atomic mass is 16.2. The van der Waals surface area contributed by atoms with Crippen LogP contribution in [0.3, 0.4) is 0 Å². The first-order valence-electron chi connectivity index (χ1n) is 11.5. The lowest BCUT2D eigenvalue weighted by molar-refractivity contribution is -0.0268. The number of piperidine rings is 1. The van der Waals surface area contributed by atoms with Crippen molar-refractivity contribution in [2.24, 2.45) is 5.41 Å². The minimum Gasteiger partial charge on any atom is -0.347 e. The molecule has 0 radical (unpaired) electrons. The van der Waals surface area contributed by atoms with Gasteiger partial charge in [-0.25, -0.2) is 4.68 Å². The minimum atomic E-state index is -0.216. The molecule has 33 heavy (non-hydrogen) atoms. The average molecular weight is 445 g/mol. The lowest BCUT2D eigenvalue weighted by atomic mass is 9.59. The van der Waals surface area contributed by atoms with Gasteiger partial charge in [0.2, 0.25) is 0 Å². The minimum absolute atomic E-state index is 0.0735. The van der Waals surface area contributed by atoms with E-state index < -0.39 is 0 Å². The number of benzene rings is 1. The number of aryl methyl sites for hydroxylation is 1. The Labute approximate surface area is 193 Å². The van der Waals surface area contributed by atoms with Gasteiger partial charge in [0.25, 0.3) is 11.8 Å². The molecule has 1 aliphatic heterocycles. The van der Waals surface area contributed by atoms with Crippen LogP contribution in [-0.2, 0) is 6.54 Å². The number of carbonyl (C=O) groups is 2. The maximum absolute atomic E-state index is 12.9. The molecule has 3 aromatic rings. The van der Waals surface area contributed by atoms with Gasteiger partial charge >= 0.3 is 0 Å². The predicted octanol–water partition coefficient (Wildman–Crippen LogP) is 3.17. The monoisotopic (exact) mass is 444 g/mol. The van der Waals surface area contributed by atoms with Crippen LogP contribution in [0.25, 0.3) is 0 Å². The van der Waals surface area contributed by atoms with Gasteiger partial charge in [0.05, 0.1) is 12.2 Å². The number of amides is 2. The Hall–Kier alpha value is -3.55. The van der Waals surface area contributed by atoms with Gasteiger partial charge in [-0.3, -0.25) is 14.6 Å². The van der Waals surface area contributed by atoms with Crippen LogP contribution < -0.4 is 5.32 Å². The van der Waals surface area contributed by atoms with Crippen molar-refractivity contribution in [1.82, 2.24) is 30.2 Å². The summed E-state index contributed by atoms with van der Waals surface area (Å²) in [4.78, 5) is 31.5. The van der Waals surface area contributed by atoms with Crippen molar-refractivity contribution in [2.75, 3.05) is 13.1 Å². The van der Waals surface area contributed by atoms with Gasteiger partial charge in [0.15, 0.2) is 5.69 Å². The fourth-order valence-electron chi connectivity index (χ4n) is 5.10. The number of hydrogen-bond donors (Lipinski definition) is 1. The van der Waals surface area contributed by atoms with Crippen LogP contribution in [0.5, 0.6) is 0 Å². The lowest BCUT2D eigenvalue weighted by Crippen LogP contribution is -2.51. The number of nitrogens with zero attached hydrogens (tertiary/aromatic N) is 5. The fourth-order valence-corrected chi connectivity index (χ4v) is 5.10. The standard InChI is InChI=1S/C25H28N6O2/c1-18-15-20(8-12-26-18)24(33)30-13-10-25(11-14-30)9-7-22(25)31-17-21(28-29-31)23(32)27-16-19-5-3-2-4-6-19/h2-6,8,12,15,17,22H,7,9-11,13-14,16H2,1H3,(H,27,32). The van der Waals surface area contributed by atoms with Crippen molar-refractivity contribution in [3.63, 3.8) is 0 Å². The number of nitrogens with one attached hydrogen (secondary N) is 1. The van der Waals surface area contributed by atoms with E-state index in [0.717, 1.165) is 50.0 Å². The van der Waals surface area contributed by atoms with Crippen LogP contribution in [0, 0.1) is 12.3 Å². The molecule has 8 nitrogen and oxygen atoms in total. The van der Waals surface area contributed by atoms with Crippen molar-refractivity contribution in [2.45, 2.75) is 45.2 Å². The van der Waals surface area contributed by atoms with Gasteiger partial charge < -0.3 is 10.2 Å². The van der Waals surface area contributed by atoms with Crippen LogP contribution >= 0.6 is 0 Å². The van der Waals surface area contributed by atoms with Crippen molar-refractivity contribution in [3.8, 4) is 0 Å². The second kappa shape index (κ2) is 8.77. The summed E-state index contributed by atoms with van der Waals surface area (Å²) in [6, 6.07) is 13.6. The van der Waals surface area contributed by atoms with Crippen molar-refractivity contribution < 1.29 is 9.59 Å². The molecule has 5 rings (SSSR count). The Balaban J connectivity index is 1.19. The normalized spacial score (nSPS) is 19.2. The fraction of sp³-hybridized carbons (Fsp3) is 0.400. The Morgan fingerprint density at radius 2 is 1.91 bits per heavy atom. The zero-order chi connectivity index (χ0) is 22.8. The summed E-state index contributed by atoms with van der Waals surface area (Å²) in [6.07, 6.45) is 7.46. The highest BCUT2D eigenvalue weighted by Crippen LogP contribution is 2.56. The first kappa shape index (κ1) is 21.3. The topological polar surface area (TPSA) is 93.0 Å². The molecule has 1 spiro atoms. The third-order valence-electron chi connectivity index (χ3n) is 7.17. The van der Waals surface area contributed by atoms with E-state index in [9.17, 15) is 9.59 Å². The molecule has 1 aromatic carbocycles. The van der Waals surface area contributed by atoms with E-state index in [0.29, 0.717) is 17.8 Å². The Kier molecular flexibility index (Phi) is 5.66. The third kappa shape index (κ3) is 4.25. The Morgan fingerprint density at radius 1 is 1.12 bits per heavy atom. The molecule has 1 aliphatic carbocycles. The quantitative estimate of drug-likeness (QED) is 0.653. The maximum Gasteiger partial charge on any atom is 0.273 e. The smallest absolute Gasteiger partial charge is 0.273 e. The number of rotatable bonds is 5. The van der Waals surface area contributed by atoms with Crippen molar-refractivity contribution in [3.05, 3.63) is 77.4 Å². The molecule has 1 saturated carbocycles. The lowest BCUT2D eigenvalue weighted by Gasteiger charge is -2.53. The van der Waals surface area contributed by atoms with E-state index in [-0.39, 0.29) is 23.3 Å². The molecule has 3 heterocycles. The predicted molar refractivity (Wildman–Crippen MR) is 122 cm³/mol. The molecule has 170 valence electrons. The van der Waals surface area contributed by atoms with E-state index in [2.05, 4.69) is 20.6 Å². The Bertz CT molecular complexity index is 1150. The van der Waals surface area contributed by atoms with E-state index in [4.69, 9.17) is 0 Å². The van der Waals surface area contributed by atoms with Crippen LogP contribution in [0.4, 0.5) is 0 Å². The third-order valence-corrected chi connectivity index (χ3v) is 7.17. The summed E-state index contributed by atoms with van der Waals surface area (Å²) in [7, 11) is 0. The van der Waals surface area contributed by atoms with Gasteiger partial charge in [0.1, 0.15) is 0 Å². The van der Waals surface area contributed by atoms with Crippen LogP contribution in [0.2, 0.25) is 0 Å². The van der Waals surface area contributed by atoms with E-state index in [1.165, 1.54) is 0 Å². The van der Waals surface area contributed by atoms with Gasteiger partial charge in [-0.15, -0.1) is 5.10 Å². The number of hydrogen-bond acceptors (Lipinski definition) is 5. The number of likely N-dealkylation sites (tertiary alicyclic amines) is 1. The molecule has 1 unspecified atom stereocenters. The molecule has 2 aromatic heterocycles. The summed E-state index contributed by atoms with van der Waals surface area (Å²) in [5.74, 6) is -0.143. The van der Waals surface area contributed by atoms with Crippen molar-refractivity contribution in [1.29, 1.82) is 0 Å². The highest BCUT2D eigenvalue weighted by molar-refractivity contribution is 5.94. The zero-order valence-electron chi connectivity index (χ0n) is 18.8. The van der Waals surface area contributed by atoms with Crippen molar-refractivity contribution >= 4 is 11.8 Å². The molecule has 2 aliphatic rings. The summed E-state index contributed by atoms with van der Waals surface area (Å²) in [6.45, 7) is 3.82. The number of aromatic nitrogens is 4. The van der Waals surface area contributed by atoms with Gasteiger partial charge in [-0.2, -0.15) is 0 Å². The summed E-state index contributed by atoms with van der Waals surface area (Å²) in [5, 5.41) is 11.3. The highest BCUT2D eigenvalue weighted by Gasteiger charge is 2.50. The molecule has 1 N–H and O–H groups in total.